The largest absolute Gasteiger partial charge is 0.459 e. The lowest BCUT2D eigenvalue weighted by molar-refractivity contribution is -0.318. The van der Waals surface area contributed by atoms with Crippen LogP contribution < -0.4 is 10.6 Å². The molecule has 0 bridgehead atoms. The van der Waals surface area contributed by atoms with Crippen LogP contribution in [0.1, 0.15) is 109 Å². The molecule has 18 nitrogen and oxygen atoms in total. The van der Waals surface area contributed by atoms with Crippen LogP contribution in [0.15, 0.2) is 0 Å². The third-order valence-electron chi connectivity index (χ3n) is 13.9. The van der Waals surface area contributed by atoms with E-state index in [1.165, 1.54) is 21.1 Å². The fourth-order valence-electron chi connectivity index (χ4n) is 9.64. The summed E-state index contributed by atoms with van der Waals surface area (Å²) < 4.78 is 50.9. The molecule has 63 heavy (non-hydrogen) atoms. The Bertz CT molecular complexity index is 1460. The van der Waals surface area contributed by atoms with E-state index < -0.39 is 114 Å². The van der Waals surface area contributed by atoms with E-state index in [0.717, 1.165) is 13.1 Å². The molecule has 18 heteroatoms. The maximum absolute atomic E-state index is 14.5. The normalized spacial score (nSPS) is 42.5. The Morgan fingerprint density at radius 2 is 1.51 bits per heavy atom. The number of likely N-dealkylation sites (N-methyl/N-ethyl adjacent to an activating group) is 2. The fourth-order valence-corrected chi connectivity index (χ4v) is 9.64. The summed E-state index contributed by atoms with van der Waals surface area (Å²) in [5.74, 6) is -3.73. The Morgan fingerprint density at radius 1 is 0.905 bits per heavy atom. The minimum atomic E-state index is -1.97. The standard InChI is InChI=1S/C45H84N4O14/c1-17-32-45(12,55)36(51)29(8)47-39(52)25(4)23-43(10,56-15)37(62-41-34(50)31(48(13)14)22-26(5)58-41)27(6)35(28(7)40(53)60-32)61-33-24-44(11,57-16)38(30(9)59-33)63-42(54)46-20-21-49(18-2)19-3/h25-38,41,50-51,55H,17-24H2,1-16H3,(H,46,54)(H,47,52)/t25-,26-,27?,28-,29-,30+,31+,32-,33+,34-,35+,36-,37-,38+,41+,43-,44-,45-/m1/s1. The van der Waals surface area contributed by atoms with E-state index in [0.29, 0.717) is 19.5 Å². The summed E-state index contributed by atoms with van der Waals surface area (Å²) >= 11 is 0. The topological polar surface area (TPSA) is 216 Å². The van der Waals surface area contributed by atoms with Gasteiger partial charge in [-0.1, -0.05) is 34.6 Å². The number of amides is 2. The lowest BCUT2D eigenvalue weighted by atomic mass is 9.77. The van der Waals surface area contributed by atoms with Crippen LogP contribution in [0.3, 0.4) is 0 Å². The zero-order valence-corrected chi connectivity index (χ0v) is 41.0. The van der Waals surface area contributed by atoms with E-state index in [1.807, 2.05) is 32.8 Å². The number of rotatable bonds is 14. The molecule has 1 unspecified atom stereocenters. The zero-order chi connectivity index (χ0) is 47.8. The number of esters is 1. The second kappa shape index (κ2) is 23.5. The number of nitrogens with zero attached hydrogens (tertiary/aromatic N) is 2. The van der Waals surface area contributed by atoms with E-state index in [4.69, 9.17) is 37.9 Å². The van der Waals surface area contributed by atoms with Gasteiger partial charge in [0.05, 0.1) is 42.0 Å². The van der Waals surface area contributed by atoms with Crippen molar-refractivity contribution < 1.29 is 67.6 Å². The van der Waals surface area contributed by atoms with Crippen LogP contribution in [0.4, 0.5) is 4.79 Å². The van der Waals surface area contributed by atoms with E-state index in [2.05, 4.69) is 29.4 Å². The maximum atomic E-state index is 14.5. The van der Waals surface area contributed by atoms with E-state index in [9.17, 15) is 29.7 Å². The number of nitrogens with one attached hydrogen (secondary N) is 2. The van der Waals surface area contributed by atoms with Crippen molar-refractivity contribution in [1.29, 1.82) is 0 Å². The predicted molar refractivity (Wildman–Crippen MR) is 235 cm³/mol. The van der Waals surface area contributed by atoms with Gasteiger partial charge in [-0.2, -0.15) is 0 Å². The van der Waals surface area contributed by atoms with Crippen LogP contribution in [0.2, 0.25) is 0 Å². The summed E-state index contributed by atoms with van der Waals surface area (Å²) in [6.07, 6.45) is -9.73. The summed E-state index contributed by atoms with van der Waals surface area (Å²) in [6.45, 7) is 24.0. The van der Waals surface area contributed by atoms with Gasteiger partial charge in [0, 0.05) is 51.6 Å². The van der Waals surface area contributed by atoms with Crippen LogP contribution in [0, 0.1) is 17.8 Å². The predicted octanol–water partition coefficient (Wildman–Crippen LogP) is 2.81. The van der Waals surface area contributed by atoms with Gasteiger partial charge >= 0.3 is 12.1 Å². The van der Waals surface area contributed by atoms with E-state index in [-0.39, 0.29) is 31.4 Å². The molecule has 3 heterocycles. The number of hydrogen-bond donors (Lipinski definition) is 5. The lowest BCUT2D eigenvalue weighted by Crippen LogP contribution is -2.61. The number of carbonyl (C=O) groups is 3. The number of aliphatic hydroxyl groups excluding tert-OH is 2. The smallest absolute Gasteiger partial charge is 0.407 e. The number of hydrogen-bond acceptors (Lipinski definition) is 16. The molecule has 368 valence electrons. The zero-order valence-electron chi connectivity index (χ0n) is 41.0. The summed E-state index contributed by atoms with van der Waals surface area (Å²) in [5, 5.41) is 40.6. The maximum Gasteiger partial charge on any atom is 0.407 e. The quantitative estimate of drug-likeness (QED) is 0.159. The van der Waals surface area contributed by atoms with E-state index in [1.54, 1.807) is 48.5 Å². The highest BCUT2D eigenvalue weighted by atomic mass is 16.7. The molecule has 0 radical (unpaired) electrons. The average molecular weight is 905 g/mol. The summed E-state index contributed by atoms with van der Waals surface area (Å²) in [7, 11) is 6.77. The summed E-state index contributed by atoms with van der Waals surface area (Å²) in [6, 6.07) is -1.26. The van der Waals surface area contributed by atoms with Crippen molar-refractivity contribution in [3.05, 3.63) is 0 Å². The number of cyclic esters (lactones) is 1. The molecule has 18 atom stereocenters. The van der Waals surface area contributed by atoms with Gasteiger partial charge < -0.3 is 73.6 Å². The Morgan fingerprint density at radius 3 is 2.06 bits per heavy atom. The number of methoxy groups -OCH3 is 2. The third-order valence-corrected chi connectivity index (χ3v) is 13.9. The Hall–Kier alpha value is -2.23. The van der Waals surface area contributed by atoms with Gasteiger partial charge in [-0.25, -0.2) is 4.79 Å². The first-order valence-electron chi connectivity index (χ1n) is 23.0. The highest BCUT2D eigenvalue weighted by Crippen LogP contribution is 2.41. The molecule has 0 aromatic heterocycles. The van der Waals surface area contributed by atoms with Crippen molar-refractivity contribution in [3.8, 4) is 0 Å². The van der Waals surface area contributed by atoms with Crippen LogP contribution >= 0.6 is 0 Å². The second-order valence-electron chi connectivity index (χ2n) is 19.1. The molecule has 3 rings (SSSR count). The highest BCUT2D eigenvalue weighted by Gasteiger charge is 2.54. The summed E-state index contributed by atoms with van der Waals surface area (Å²) in [5.41, 5.74) is -4.38. The van der Waals surface area contributed by atoms with Gasteiger partial charge in [0.1, 0.15) is 29.5 Å². The van der Waals surface area contributed by atoms with Gasteiger partial charge in [-0.15, -0.1) is 0 Å². The number of ether oxygens (including phenoxy) is 8. The van der Waals surface area contributed by atoms with Gasteiger partial charge in [-0.05, 0) is 94.9 Å². The van der Waals surface area contributed by atoms with E-state index >= 15 is 0 Å². The average Bonchev–Trinajstić information content (AvgIpc) is 3.23. The molecule has 3 aliphatic heterocycles. The van der Waals surface area contributed by atoms with Crippen molar-refractivity contribution in [2.24, 2.45) is 17.8 Å². The van der Waals surface area contributed by atoms with Gasteiger partial charge in [0.15, 0.2) is 18.7 Å². The monoisotopic (exact) mass is 905 g/mol. The number of aliphatic hydroxyl groups is 3. The molecule has 2 amide bonds. The lowest BCUT2D eigenvalue weighted by Gasteiger charge is -2.49. The fraction of sp³-hybridized carbons (Fsp3) is 0.933. The third kappa shape index (κ3) is 13.5. The Balaban J connectivity index is 2.14. The van der Waals surface area contributed by atoms with Crippen LogP contribution in [0.25, 0.3) is 0 Å². The molecule has 5 N–H and O–H groups in total. The first-order chi connectivity index (χ1) is 29.3. The number of alkyl carbamates (subject to hydrolysis) is 1. The minimum Gasteiger partial charge on any atom is -0.459 e. The Labute approximate surface area is 376 Å². The van der Waals surface area contributed by atoms with Crippen LogP contribution in [-0.4, -0.2) is 188 Å². The SMILES string of the molecule is CC[C@H]1OC(=O)[C@H](C)[C@@H](O[C@H]2C[C@@](C)(OC)[C@@H](OC(=O)NCCN(CC)CC)[C@H](C)O2)C(C)[C@@H](O[C@@H]2O[C@H](C)C[C@H](N(C)C)[C@H]2O)[C@](C)(OC)C[C@@H](C)C(=O)N[C@H](C)[C@@H](O)[C@]1(C)O. The summed E-state index contributed by atoms with van der Waals surface area (Å²) in [4.78, 5) is 45.6. The first-order valence-corrected chi connectivity index (χ1v) is 23.0. The van der Waals surface area contributed by atoms with Crippen molar-refractivity contribution in [3.63, 3.8) is 0 Å². The molecular weight excluding hydrogens is 821 g/mol. The first kappa shape index (κ1) is 55.1. The molecule has 0 spiro atoms. The molecular formula is C45H84N4O14. The molecule has 0 aromatic rings. The molecule has 0 aromatic carbocycles. The van der Waals surface area contributed by atoms with Gasteiger partial charge in [-0.3, -0.25) is 9.59 Å². The molecule has 0 saturated carbocycles. The number of carbonyl (C=O) groups excluding carboxylic acids is 3. The van der Waals surface area contributed by atoms with Crippen molar-refractivity contribution >= 4 is 18.0 Å². The Kier molecular flexibility index (Phi) is 20.5. The molecule has 3 fully saturated rings. The molecule has 3 saturated heterocycles. The van der Waals surface area contributed by atoms with Crippen molar-refractivity contribution in [2.75, 3.05) is 54.5 Å². The highest BCUT2D eigenvalue weighted by molar-refractivity contribution is 5.78. The second-order valence-corrected chi connectivity index (χ2v) is 19.1. The van der Waals surface area contributed by atoms with Gasteiger partial charge in [0.25, 0.3) is 0 Å². The van der Waals surface area contributed by atoms with Crippen molar-refractivity contribution in [1.82, 2.24) is 20.4 Å². The van der Waals surface area contributed by atoms with Crippen LogP contribution in [-0.2, 0) is 47.5 Å². The molecule has 3 aliphatic rings. The van der Waals surface area contributed by atoms with Crippen molar-refractivity contribution in [2.45, 2.75) is 199 Å². The molecule has 0 aliphatic carbocycles. The van der Waals surface area contributed by atoms with Gasteiger partial charge in [0.2, 0.25) is 5.91 Å². The van der Waals surface area contributed by atoms with Crippen LogP contribution in [0.5, 0.6) is 0 Å². The minimum absolute atomic E-state index is 0.0728.